The number of nitrogens with one attached hydrogen (secondary N) is 3. The Hall–Kier alpha value is -0.869. The Bertz CT molecular complexity index is 5540. The molecule has 17 heterocycles. The van der Waals surface area contributed by atoms with Crippen molar-refractivity contribution in [2.45, 2.75) is 118 Å². The largest absolute Gasteiger partial charge is 0.570 e. The van der Waals surface area contributed by atoms with Crippen LogP contribution in [0.4, 0.5) is 32.3 Å². The number of hydrogen-bond acceptors (Lipinski definition) is 26. The number of carbonyl (C=O) groups is 2. The molecule has 49 heteroatoms. The SMILES string of the molecule is Brc1ccnc2[nH]ccc12.CN1CCN(c2ccnc3[nH]ccc23)CC1.CN1CCN(c2ccnc3c2cc(O[B]O)n3C(=O)OC(C)(C)C)CC1.CN1CCN(c2ccnc3c2ccn3C(=O)OC(C)(C)C)CC1.CN1CCN(c2ccnc3c2ccn3COCC[Si](C)(C)C)CC1.CN1CCNCC1.C[Si](C)(C)CCOCn1ccc2c(Br)ccnc21.I[C-](I)I.I[CH-]I.NCCN.[CH2-]I.[CH2-]I.[CH3-].[V].[V].[V].[V].[V]. The van der Waals surface area contributed by atoms with E-state index in [-0.39, 0.29) is 106 Å². The molecule has 8 N–H and O–H groups in total. The summed E-state index contributed by atoms with van der Waals surface area (Å²) in [6.07, 6.45) is 19.5. The molecule has 5 fully saturated rings. The zero-order valence-corrected chi connectivity index (χ0v) is 114. The van der Waals surface area contributed by atoms with Gasteiger partial charge in [0.05, 0.1) is 0 Å². The number of carbonyl (C=O) groups excluding carboxylic acids is 2. The van der Waals surface area contributed by atoms with Crippen molar-refractivity contribution < 1.29 is 131 Å². The molecule has 0 unspecified atom stereocenters. The monoisotopic (exact) mass is 3130 g/mol. The van der Waals surface area contributed by atoms with Crippen LogP contribution in [0.3, 0.4) is 0 Å². The second-order valence-corrected chi connectivity index (χ2v) is 63.4. The number of fused-ring (bicyclic) bond motifs is 6. The second-order valence-electron chi connectivity index (χ2n) is 37.4. The number of nitrogens with zero attached hydrogens (tertiary/aromatic N) is 19. The van der Waals surface area contributed by atoms with Crippen LogP contribution in [0.2, 0.25) is 51.4 Å². The zero-order valence-electron chi connectivity index (χ0n) is 86.7. The molecule has 5 aliphatic heterocycles. The minimum absolute atomic E-state index is 0. The molecule has 802 valence electrons. The number of halogens is 9. The fraction of sp³-hybridized carbons (Fsp3) is 0.490. The van der Waals surface area contributed by atoms with Crippen molar-refractivity contribution in [1.82, 2.24) is 88.0 Å². The van der Waals surface area contributed by atoms with E-state index in [1.807, 2.05) is 147 Å². The van der Waals surface area contributed by atoms with Crippen LogP contribution in [-0.2, 0) is 125 Å². The summed E-state index contributed by atoms with van der Waals surface area (Å²) in [6.45, 7) is 50.5. The van der Waals surface area contributed by atoms with Gasteiger partial charge in [0.25, 0.3) is 0 Å². The molecule has 0 atom stereocenters. The quantitative estimate of drug-likeness (QED) is 0.0213. The second kappa shape index (κ2) is 75.9. The molecule has 5 aliphatic rings. The van der Waals surface area contributed by atoms with Crippen LogP contribution < -0.4 is 41.0 Å². The molecule has 12 aromatic heterocycles. The van der Waals surface area contributed by atoms with Gasteiger partial charge in [-0.2, -0.15) is 4.57 Å². The van der Waals surface area contributed by atoms with Gasteiger partial charge in [-0.15, -0.1) is -0.0619 Å². The van der Waals surface area contributed by atoms with Crippen LogP contribution in [0.25, 0.3) is 66.2 Å². The number of aromatic nitrogens is 12. The molecule has 17 rings (SSSR count). The van der Waals surface area contributed by atoms with E-state index in [1.54, 1.807) is 51.6 Å². The number of piperazine rings is 5. The molecule has 0 saturated carbocycles. The minimum atomic E-state index is -1.03. The Balaban J connectivity index is 0.00000165. The fourth-order valence-corrected chi connectivity index (χ4v) is 16.9. The van der Waals surface area contributed by atoms with E-state index < -0.39 is 39.5 Å². The van der Waals surface area contributed by atoms with E-state index >= 15 is 0 Å². The number of nitrogens with two attached hydrogens (primary N) is 2. The normalized spacial score (nSPS) is 14.5. The van der Waals surface area contributed by atoms with Crippen LogP contribution in [-0.4, -0.2) is 327 Å². The van der Waals surface area contributed by atoms with Crippen LogP contribution in [0.15, 0.2) is 150 Å². The Morgan fingerprint density at radius 3 is 1.16 bits per heavy atom. The summed E-state index contributed by atoms with van der Waals surface area (Å²) in [5, 5.41) is 18.8. The maximum absolute atomic E-state index is 12.7. The van der Waals surface area contributed by atoms with Gasteiger partial charge in [-0.3, -0.25) is 77.6 Å². The predicted octanol–water partition coefficient (Wildman–Crippen LogP) is 20.9. The smallest absolute Gasteiger partial charge is 0.524 e. The standard InChI is InChI=1S/C18H30N4OSi.C17H24BN4O4.C17H24N4O2.C13H19BrN2OSi.C12H16N4.C7H5BrN2.C5H12N2.C2H8N2.CI3.CHI2.2CH2I.CH3.5V/c1-20-9-11-21(12-10-20)17-5-7-19-18-16(17)6-8-22(18)15-23-13-14-24(2,3)4;1-17(2,3)25-16(23)22-14(26-18-24)11-12-13(5-6-19-15(12)22)21-9-7-20(4)8-10-21;1-17(2,3)23-16(22)21-8-6-13-14(5-7-18-15(13)21)20-11-9-19(4)10-12-20;1-18(2,3)9-8-17-10-16-7-5-11-12(14)4-6-15-13(11)16;1-15-6-8-16(9-7-15)11-3-5-14-12-10(11)2-4-13-12;8-6-2-4-10-7-5(6)1-3-9-7;1-7-4-2-6-3-5-7;3-1-2-4;2-1(3)4;2-1-3;2*1-2;;;;;;/h5-8H,9-15H2,1-4H3;5-6,11,24H,7-10H2,1-4H3;5-8H,9-12H2,1-4H3;4-7H,8-10H2,1-3H3;2-5H,6-9H2,1H3,(H,13,14);1-4H,(H,9,10);6H,2-5H2,1H3;1-4H2;;1H;2*1H2;1H3;;;;;/q;;;;;;;;5*-1;;;;;. The molecule has 0 amide bonds. The zero-order chi connectivity index (χ0) is 103. The number of pyridine rings is 6. The van der Waals surface area contributed by atoms with E-state index in [4.69, 9.17) is 40.1 Å². The summed E-state index contributed by atoms with van der Waals surface area (Å²) in [5.41, 5.74) is 18.3. The minimum Gasteiger partial charge on any atom is -0.524 e. The number of anilines is 4. The summed E-state index contributed by atoms with van der Waals surface area (Å²) >= 11 is 21.7. The van der Waals surface area contributed by atoms with Gasteiger partial charge in [0.1, 0.15) is 47.3 Å². The first-order valence-electron chi connectivity index (χ1n) is 45.9. The van der Waals surface area contributed by atoms with Crippen LogP contribution in [0.1, 0.15) is 41.5 Å². The first kappa shape index (κ1) is 144. The fourth-order valence-electron chi connectivity index (χ4n) is 14.5. The van der Waals surface area contributed by atoms with Gasteiger partial charge in [-0.25, -0.2) is 46.5 Å². The molecule has 145 heavy (non-hydrogen) atoms. The number of H-pyrrole nitrogens is 2. The van der Waals surface area contributed by atoms with Crippen molar-refractivity contribution in [3.8, 4) is 5.88 Å². The topological polar surface area (TPSA) is 322 Å². The number of hydrogen-bond donors (Lipinski definition) is 6. The Morgan fingerprint density at radius 1 is 0.462 bits per heavy atom. The molecule has 6 radical (unpaired) electrons. The van der Waals surface area contributed by atoms with Crippen molar-refractivity contribution in [3.63, 3.8) is 0 Å². The molecule has 32 nitrogen and oxygen atoms in total. The van der Waals surface area contributed by atoms with E-state index in [9.17, 15) is 9.59 Å². The molecule has 12 aromatic rings. The van der Waals surface area contributed by atoms with Gasteiger partial charge in [0.2, 0.25) is 0 Å². The average Bonchev–Trinajstić information content (AvgIpc) is 1.60. The molecule has 0 aliphatic carbocycles. The number of ether oxygens (including phenoxy) is 4. The predicted molar refractivity (Wildman–Crippen MR) is 657 cm³/mol. The third-order valence-electron chi connectivity index (χ3n) is 22.0. The van der Waals surface area contributed by atoms with Gasteiger partial charge in [-0.05, 0) is 187 Å². The molecular formula is C96H146BBr2I7N24O8Si2V5-5. The van der Waals surface area contributed by atoms with Crippen molar-refractivity contribution >= 4 is 315 Å². The van der Waals surface area contributed by atoms with Gasteiger partial charge >= 0.3 is 19.9 Å². The summed E-state index contributed by atoms with van der Waals surface area (Å²) in [7, 11) is 9.27. The molecule has 0 aromatic carbocycles. The third-order valence-corrected chi connectivity index (χ3v) is 26.8. The molecule has 0 bridgehead atoms. The number of aromatic amines is 2. The van der Waals surface area contributed by atoms with E-state index in [1.165, 1.54) is 56.4 Å². The van der Waals surface area contributed by atoms with Crippen molar-refractivity contribution in [2.75, 3.05) is 212 Å². The number of rotatable bonds is 17. The summed E-state index contributed by atoms with van der Waals surface area (Å²) in [4.78, 5) is 85.0. The van der Waals surface area contributed by atoms with Gasteiger partial charge in [0.15, 0.2) is 17.2 Å². The summed E-state index contributed by atoms with van der Waals surface area (Å²) < 4.78 is 40.0. The Labute approximate surface area is 1040 Å². The van der Waals surface area contributed by atoms with Gasteiger partial charge in [-0.1, -0.05) is 39.3 Å². The van der Waals surface area contributed by atoms with E-state index in [0.717, 1.165) is 195 Å². The molecule has 5 saturated heterocycles. The summed E-state index contributed by atoms with van der Waals surface area (Å²) in [5.74, 6) is 0.158. The van der Waals surface area contributed by atoms with Crippen LogP contribution in [0.5, 0.6) is 5.88 Å². The third kappa shape index (κ3) is 51.1. The summed E-state index contributed by atoms with van der Waals surface area (Å²) in [6, 6.07) is 26.5. The van der Waals surface area contributed by atoms with Gasteiger partial charge < -0.3 is 206 Å². The van der Waals surface area contributed by atoms with Crippen molar-refractivity contribution in [2.24, 2.45) is 11.5 Å². The van der Waals surface area contributed by atoms with Crippen LogP contribution in [0, 0.1) is 19.7 Å². The van der Waals surface area contributed by atoms with Crippen molar-refractivity contribution in [3.05, 3.63) is 170 Å². The van der Waals surface area contributed by atoms with E-state index in [2.05, 4.69) is 360 Å². The van der Waals surface area contributed by atoms with Gasteiger partial charge in [0, 0.05) is 404 Å². The maximum Gasteiger partial charge on any atom is 0.570 e. The average molecular weight is 3130 g/mol. The first-order chi connectivity index (χ1) is 66.2. The maximum atomic E-state index is 12.7. The number of likely N-dealkylation sites (N-methyl/N-ethyl adjacent to an activating group) is 5. The first-order valence-corrected chi connectivity index (χ1v) is 63.7. The molecule has 0 spiro atoms. The molecular weight excluding hydrogens is 2990 g/mol. The van der Waals surface area contributed by atoms with E-state index in [0.29, 0.717) is 45.5 Å². The Kier molecular flexibility index (Phi) is 75.5. The van der Waals surface area contributed by atoms with Crippen LogP contribution >= 0.6 is 190 Å². The van der Waals surface area contributed by atoms with Crippen molar-refractivity contribution in [1.29, 1.82) is 0 Å². The Morgan fingerprint density at radius 2 is 0.779 bits per heavy atom.